The molecular weight excluding hydrogens is 284 g/mol. The van der Waals surface area contributed by atoms with Crippen molar-refractivity contribution in [2.75, 3.05) is 26.4 Å². The summed E-state index contributed by atoms with van der Waals surface area (Å²) in [4.78, 5) is 0. The lowest BCUT2D eigenvalue weighted by Gasteiger charge is -2.23. The van der Waals surface area contributed by atoms with E-state index in [-0.39, 0.29) is 12.2 Å². The maximum absolute atomic E-state index is 10.1. The van der Waals surface area contributed by atoms with Crippen molar-refractivity contribution in [1.29, 1.82) is 0 Å². The molecule has 22 heavy (non-hydrogen) atoms. The molecule has 0 aromatic rings. The van der Waals surface area contributed by atoms with Gasteiger partial charge in [0.1, 0.15) is 18.3 Å². The summed E-state index contributed by atoms with van der Waals surface area (Å²) in [6.45, 7) is 8.83. The Hall–Kier alpha value is -0.200. The molecule has 4 atom stereocenters. The molecule has 0 bridgehead atoms. The Kier molecular flexibility index (Phi) is 11.1. The quantitative estimate of drug-likeness (QED) is 0.529. The predicted molar refractivity (Wildman–Crippen MR) is 85.9 cm³/mol. The lowest BCUT2D eigenvalue weighted by atomic mass is 10.1. The molecule has 1 saturated heterocycles. The normalized spacial score (nSPS) is 28.4. The molecule has 1 fully saturated rings. The van der Waals surface area contributed by atoms with Crippen molar-refractivity contribution >= 4 is 0 Å². The van der Waals surface area contributed by atoms with Gasteiger partial charge >= 0.3 is 0 Å². The zero-order chi connectivity index (χ0) is 16.2. The van der Waals surface area contributed by atoms with E-state index < -0.39 is 12.4 Å². The first kappa shape index (κ1) is 19.8. The van der Waals surface area contributed by atoms with Crippen LogP contribution in [0.2, 0.25) is 0 Å². The van der Waals surface area contributed by atoms with Crippen molar-refractivity contribution < 1.29 is 24.1 Å². The number of rotatable bonds is 13. The standard InChI is InChI=1S/C17H34O5/c1-4-7-10-19-13-14-15(20-11-8-5-2)16(17(18)22-14)21-12-9-6-3/h14-18H,4-13H2,1-3H3/t14-,15+,16-,17?/m0/s1. The van der Waals surface area contributed by atoms with Gasteiger partial charge in [0.15, 0.2) is 6.29 Å². The van der Waals surface area contributed by atoms with Crippen LogP contribution in [-0.2, 0) is 18.9 Å². The molecule has 1 rings (SSSR count). The molecule has 0 aliphatic carbocycles. The van der Waals surface area contributed by atoms with Crippen molar-refractivity contribution in [3.8, 4) is 0 Å². The average molecular weight is 318 g/mol. The molecule has 0 amide bonds. The Morgan fingerprint density at radius 2 is 1.36 bits per heavy atom. The van der Waals surface area contributed by atoms with E-state index >= 15 is 0 Å². The highest BCUT2D eigenvalue weighted by Crippen LogP contribution is 2.26. The molecule has 132 valence electrons. The number of hydrogen-bond donors (Lipinski definition) is 1. The summed E-state index contributed by atoms with van der Waals surface area (Å²) >= 11 is 0. The van der Waals surface area contributed by atoms with Crippen LogP contribution in [-0.4, -0.2) is 56.1 Å². The highest BCUT2D eigenvalue weighted by Gasteiger charge is 2.45. The molecule has 1 aliphatic heterocycles. The van der Waals surface area contributed by atoms with Crippen molar-refractivity contribution in [1.82, 2.24) is 0 Å². The summed E-state index contributed by atoms with van der Waals surface area (Å²) in [6, 6.07) is 0. The molecule has 0 spiro atoms. The van der Waals surface area contributed by atoms with Crippen LogP contribution in [0.1, 0.15) is 59.3 Å². The van der Waals surface area contributed by atoms with E-state index in [0.29, 0.717) is 19.8 Å². The summed E-state index contributed by atoms with van der Waals surface area (Å²) in [5.74, 6) is 0. The van der Waals surface area contributed by atoms with Crippen molar-refractivity contribution in [3.05, 3.63) is 0 Å². The van der Waals surface area contributed by atoms with E-state index in [1.54, 1.807) is 0 Å². The number of unbranched alkanes of at least 4 members (excludes halogenated alkanes) is 3. The zero-order valence-electron chi connectivity index (χ0n) is 14.5. The fraction of sp³-hybridized carbons (Fsp3) is 1.00. The maximum atomic E-state index is 10.1. The van der Waals surface area contributed by atoms with Gasteiger partial charge in [-0.05, 0) is 19.3 Å². The van der Waals surface area contributed by atoms with Gasteiger partial charge in [-0.25, -0.2) is 0 Å². The van der Waals surface area contributed by atoms with Gasteiger partial charge < -0.3 is 24.1 Å². The molecule has 1 unspecified atom stereocenters. The summed E-state index contributed by atoms with van der Waals surface area (Å²) in [5.41, 5.74) is 0. The second-order valence-corrected chi connectivity index (χ2v) is 5.87. The Balaban J connectivity index is 2.48. The maximum Gasteiger partial charge on any atom is 0.184 e. The van der Waals surface area contributed by atoms with Gasteiger partial charge in [0.05, 0.1) is 6.61 Å². The lowest BCUT2D eigenvalue weighted by Crippen LogP contribution is -2.39. The van der Waals surface area contributed by atoms with E-state index in [4.69, 9.17) is 18.9 Å². The first-order valence-corrected chi connectivity index (χ1v) is 8.89. The Morgan fingerprint density at radius 3 is 1.95 bits per heavy atom. The van der Waals surface area contributed by atoms with Gasteiger partial charge in [-0.3, -0.25) is 0 Å². The molecular formula is C17H34O5. The molecule has 5 heteroatoms. The predicted octanol–water partition coefficient (Wildman–Crippen LogP) is 2.89. The second kappa shape index (κ2) is 12.3. The fourth-order valence-corrected chi connectivity index (χ4v) is 2.39. The highest BCUT2D eigenvalue weighted by atomic mass is 16.7. The zero-order valence-corrected chi connectivity index (χ0v) is 14.5. The monoisotopic (exact) mass is 318 g/mol. The number of aliphatic hydroxyl groups excluding tert-OH is 1. The third kappa shape index (κ3) is 6.92. The Morgan fingerprint density at radius 1 is 0.818 bits per heavy atom. The van der Waals surface area contributed by atoms with Crippen LogP contribution in [0.15, 0.2) is 0 Å². The molecule has 0 saturated carbocycles. The van der Waals surface area contributed by atoms with Gasteiger partial charge in [0, 0.05) is 19.8 Å². The van der Waals surface area contributed by atoms with Crippen LogP contribution >= 0.6 is 0 Å². The van der Waals surface area contributed by atoms with E-state index in [9.17, 15) is 5.11 Å². The van der Waals surface area contributed by atoms with Crippen LogP contribution in [0, 0.1) is 0 Å². The average Bonchev–Trinajstić information content (AvgIpc) is 2.80. The van der Waals surface area contributed by atoms with Gasteiger partial charge in [0.25, 0.3) is 0 Å². The van der Waals surface area contributed by atoms with Crippen LogP contribution < -0.4 is 0 Å². The Bertz CT molecular complexity index is 261. The van der Waals surface area contributed by atoms with E-state index in [1.165, 1.54) is 0 Å². The molecule has 1 aliphatic rings. The number of hydrogen-bond acceptors (Lipinski definition) is 5. The molecule has 1 heterocycles. The second-order valence-electron chi connectivity index (χ2n) is 5.87. The smallest absolute Gasteiger partial charge is 0.184 e. The molecule has 0 radical (unpaired) electrons. The van der Waals surface area contributed by atoms with Crippen LogP contribution in [0.3, 0.4) is 0 Å². The van der Waals surface area contributed by atoms with Crippen LogP contribution in [0.25, 0.3) is 0 Å². The van der Waals surface area contributed by atoms with Crippen molar-refractivity contribution in [2.24, 2.45) is 0 Å². The minimum atomic E-state index is -0.928. The topological polar surface area (TPSA) is 57.2 Å². The minimum absolute atomic E-state index is 0.250. The minimum Gasteiger partial charge on any atom is -0.379 e. The third-order valence-corrected chi connectivity index (χ3v) is 3.83. The summed E-state index contributed by atoms with van der Waals surface area (Å²) in [7, 11) is 0. The van der Waals surface area contributed by atoms with Crippen molar-refractivity contribution in [3.63, 3.8) is 0 Å². The number of ether oxygens (including phenoxy) is 4. The van der Waals surface area contributed by atoms with E-state index in [1.807, 2.05) is 0 Å². The van der Waals surface area contributed by atoms with Crippen LogP contribution in [0.5, 0.6) is 0 Å². The molecule has 0 aromatic heterocycles. The largest absolute Gasteiger partial charge is 0.379 e. The molecule has 1 N–H and O–H groups in total. The highest BCUT2D eigenvalue weighted by molar-refractivity contribution is 4.89. The van der Waals surface area contributed by atoms with Gasteiger partial charge in [-0.1, -0.05) is 40.0 Å². The van der Waals surface area contributed by atoms with E-state index in [2.05, 4.69) is 20.8 Å². The lowest BCUT2D eigenvalue weighted by molar-refractivity contribution is -0.150. The first-order chi connectivity index (χ1) is 10.7. The third-order valence-electron chi connectivity index (χ3n) is 3.83. The van der Waals surface area contributed by atoms with Gasteiger partial charge in [-0.15, -0.1) is 0 Å². The summed E-state index contributed by atoms with van der Waals surface area (Å²) in [6.07, 6.45) is 4.41. The first-order valence-electron chi connectivity index (χ1n) is 8.89. The SMILES string of the molecule is CCCCOC[C@@H]1OC(O)[C@@H](OCCCC)[C@@H]1OCCCC. The molecule has 5 nitrogen and oxygen atoms in total. The van der Waals surface area contributed by atoms with Gasteiger partial charge in [0.2, 0.25) is 0 Å². The Labute approximate surface area is 135 Å². The fourth-order valence-electron chi connectivity index (χ4n) is 2.39. The van der Waals surface area contributed by atoms with E-state index in [0.717, 1.165) is 45.1 Å². The summed E-state index contributed by atoms with van der Waals surface area (Å²) < 4.78 is 23.0. The van der Waals surface area contributed by atoms with Crippen molar-refractivity contribution in [2.45, 2.75) is 83.9 Å². The number of aliphatic hydroxyl groups is 1. The summed E-state index contributed by atoms with van der Waals surface area (Å²) in [5, 5.41) is 10.1. The van der Waals surface area contributed by atoms with Gasteiger partial charge in [-0.2, -0.15) is 0 Å². The van der Waals surface area contributed by atoms with Crippen LogP contribution in [0.4, 0.5) is 0 Å². The molecule has 0 aromatic carbocycles.